The van der Waals surface area contributed by atoms with Crippen LogP contribution in [0.5, 0.6) is 5.75 Å². The van der Waals surface area contributed by atoms with Crippen LogP contribution in [0.1, 0.15) is 5.56 Å². The third kappa shape index (κ3) is 2.99. The zero-order valence-electron chi connectivity index (χ0n) is 13.5. The fraction of sp³-hybridized carbons (Fsp3) is 0.100. The topological polar surface area (TPSA) is 52.4 Å². The van der Waals surface area contributed by atoms with Gasteiger partial charge in [0.1, 0.15) is 5.75 Å². The Balaban J connectivity index is 2.30. The van der Waals surface area contributed by atoms with Crippen LogP contribution in [-0.2, 0) is 0 Å². The van der Waals surface area contributed by atoms with Gasteiger partial charge in [0.05, 0.1) is 17.6 Å². The summed E-state index contributed by atoms with van der Waals surface area (Å²) in [6.45, 7) is 1.98. The molecule has 0 unspecified atom stereocenters. The molecule has 0 atom stereocenters. The minimum atomic E-state index is -0.332. The van der Waals surface area contributed by atoms with Crippen molar-refractivity contribution in [3.05, 3.63) is 82.4 Å². The lowest BCUT2D eigenvalue weighted by Crippen LogP contribution is -1.95. The fourth-order valence-electron chi connectivity index (χ4n) is 2.83. The molecule has 0 bridgehead atoms. The maximum atomic E-state index is 11.6. The highest BCUT2D eigenvalue weighted by Crippen LogP contribution is 2.39. The van der Waals surface area contributed by atoms with Crippen molar-refractivity contribution in [2.24, 2.45) is 0 Å². The van der Waals surface area contributed by atoms with E-state index in [2.05, 4.69) is 0 Å². The van der Waals surface area contributed by atoms with Crippen LogP contribution in [0, 0.1) is 17.0 Å². The van der Waals surface area contributed by atoms with E-state index >= 15 is 0 Å². The second-order valence-electron chi connectivity index (χ2n) is 5.56. The molecule has 0 aliphatic carbocycles. The van der Waals surface area contributed by atoms with E-state index in [-0.39, 0.29) is 10.6 Å². The molecule has 0 saturated heterocycles. The molecule has 4 heteroatoms. The summed E-state index contributed by atoms with van der Waals surface area (Å²) in [5, 5.41) is 11.6. The van der Waals surface area contributed by atoms with Gasteiger partial charge in [0.2, 0.25) is 0 Å². The Hall–Kier alpha value is -3.14. The van der Waals surface area contributed by atoms with Gasteiger partial charge in [-0.2, -0.15) is 0 Å². The number of nitrogens with zero attached hydrogens (tertiary/aromatic N) is 1. The summed E-state index contributed by atoms with van der Waals surface area (Å²) >= 11 is 0. The molecule has 0 aromatic heterocycles. The quantitative estimate of drug-likeness (QED) is 0.488. The van der Waals surface area contributed by atoms with Gasteiger partial charge in [-0.05, 0) is 35.7 Å². The van der Waals surface area contributed by atoms with Crippen molar-refractivity contribution in [3.63, 3.8) is 0 Å². The number of methoxy groups -OCH3 is 1. The van der Waals surface area contributed by atoms with Gasteiger partial charge in [0, 0.05) is 6.07 Å². The largest absolute Gasteiger partial charge is 0.497 e. The number of hydrogen-bond donors (Lipinski definition) is 0. The molecule has 0 heterocycles. The molecule has 0 amide bonds. The number of benzene rings is 3. The van der Waals surface area contributed by atoms with Crippen LogP contribution in [-0.4, -0.2) is 12.0 Å². The van der Waals surface area contributed by atoms with Crippen LogP contribution in [0.4, 0.5) is 5.69 Å². The molecule has 3 aromatic carbocycles. The average molecular weight is 319 g/mol. The first-order chi connectivity index (χ1) is 11.6. The molecule has 120 valence electrons. The number of nitro groups is 1. The second-order valence-corrected chi connectivity index (χ2v) is 5.56. The molecular weight excluding hydrogens is 302 g/mol. The zero-order valence-corrected chi connectivity index (χ0v) is 13.5. The van der Waals surface area contributed by atoms with Crippen molar-refractivity contribution >= 4 is 5.69 Å². The van der Waals surface area contributed by atoms with E-state index in [0.29, 0.717) is 11.3 Å². The summed E-state index contributed by atoms with van der Waals surface area (Å²) < 4.78 is 5.28. The van der Waals surface area contributed by atoms with Gasteiger partial charge in [-0.15, -0.1) is 0 Å². The summed E-state index contributed by atoms with van der Waals surface area (Å²) in [7, 11) is 1.61. The average Bonchev–Trinajstić information content (AvgIpc) is 2.61. The van der Waals surface area contributed by atoms with Crippen LogP contribution in [0.15, 0.2) is 66.7 Å². The molecular formula is C20H17NO3. The van der Waals surface area contributed by atoms with Crippen molar-refractivity contribution < 1.29 is 9.66 Å². The number of ether oxygens (including phenoxy) is 1. The summed E-state index contributed by atoms with van der Waals surface area (Å²) in [6, 6.07) is 20.5. The molecule has 3 aromatic rings. The van der Waals surface area contributed by atoms with Crippen molar-refractivity contribution in [1.29, 1.82) is 0 Å². The van der Waals surface area contributed by atoms with Gasteiger partial charge in [0.15, 0.2) is 0 Å². The molecule has 0 aliphatic rings. The van der Waals surface area contributed by atoms with Gasteiger partial charge < -0.3 is 4.74 Å². The number of nitro benzene ring substituents is 1. The fourth-order valence-corrected chi connectivity index (χ4v) is 2.83. The van der Waals surface area contributed by atoms with Crippen molar-refractivity contribution in [1.82, 2.24) is 0 Å². The molecule has 0 spiro atoms. The van der Waals surface area contributed by atoms with E-state index in [0.717, 1.165) is 22.3 Å². The highest BCUT2D eigenvalue weighted by atomic mass is 16.6. The van der Waals surface area contributed by atoms with Gasteiger partial charge in [-0.3, -0.25) is 10.1 Å². The monoisotopic (exact) mass is 319 g/mol. The molecule has 0 N–H and O–H groups in total. The summed E-state index contributed by atoms with van der Waals surface area (Å²) in [5.74, 6) is 0.717. The highest BCUT2D eigenvalue weighted by molar-refractivity contribution is 5.89. The van der Waals surface area contributed by atoms with E-state index < -0.39 is 0 Å². The van der Waals surface area contributed by atoms with Gasteiger partial charge in [-0.25, -0.2) is 0 Å². The molecule has 3 rings (SSSR count). The third-order valence-corrected chi connectivity index (χ3v) is 3.93. The first-order valence-electron chi connectivity index (χ1n) is 7.59. The van der Waals surface area contributed by atoms with Crippen molar-refractivity contribution in [3.8, 4) is 28.0 Å². The lowest BCUT2D eigenvalue weighted by Gasteiger charge is -2.12. The minimum Gasteiger partial charge on any atom is -0.497 e. The summed E-state index contributed by atoms with van der Waals surface area (Å²) in [5.41, 5.74) is 4.31. The predicted octanol–water partition coefficient (Wildman–Crippen LogP) is 5.25. The van der Waals surface area contributed by atoms with Crippen molar-refractivity contribution in [2.75, 3.05) is 7.11 Å². The predicted molar refractivity (Wildman–Crippen MR) is 95.3 cm³/mol. The van der Waals surface area contributed by atoms with E-state index in [4.69, 9.17) is 4.74 Å². The smallest absolute Gasteiger partial charge is 0.277 e. The molecule has 4 nitrogen and oxygen atoms in total. The summed E-state index contributed by atoms with van der Waals surface area (Å²) in [4.78, 5) is 11.2. The van der Waals surface area contributed by atoms with Crippen LogP contribution >= 0.6 is 0 Å². The van der Waals surface area contributed by atoms with Gasteiger partial charge >= 0.3 is 0 Å². The number of rotatable bonds is 4. The standard InChI is InChI=1S/C20H17NO3/c1-14-6-3-8-16(12-14)20-18(10-5-11-19(20)21(22)23)15-7-4-9-17(13-15)24-2/h3-13H,1-2H3. The zero-order chi connectivity index (χ0) is 17.1. The highest BCUT2D eigenvalue weighted by Gasteiger charge is 2.20. The second kappa shape index (κ2) is 6.54. The van der Waals surface area contributed by atoms with Gasteiger partial charge in [0.25, 0.3) is 5.69 Å². The Kier molecular flexibility index (Phi) is 4.29. The van der Waals surface area contributed by atoms with Crippen LogP contribution in [0.2, 0.25) is 0 Å². The molecule has 0 aliphatic heterocycles. The first-order valence-corrected chi connectivity index (χ1v) is 7.59. The van der Waals surface area contributed by atoms with E-state index in [9.17, 15) is 10.1 Å². The van der Waals surface area contributed by atoms with E-state index in [1.54, 1.807) is 19.2 Å². The normalized spacial score (nSPS) is 10.4. The van der Waals surface area contributed by atoms with E-state index in [1.807, 2.05) is 61.5 Å². The lowest BCUT2D eigenvalue weighted by atomic mass is 9.92. The number of hydrogen-bond acceptors (Lipinski definition) is 3. The van der Waals surface area contributed by atoms with Crippen LogP contribution in [0.25, 0.3) is 22.3 Å². The number of aryl methyl sites for hydroxylation is 1. The van der Waals surface area contributed by atoms with Gasteiger partial charge in [-0.1, -0.05) is 54.1 Å². The third-order valence-electron chi connectivity index (χ3n) is 3.93. The Morgan fingerprint density at radius 2 is 1.62 bits per heavy atom. The molecule has 0 radical (unpaired) electrons. The maximum absolute atomic E-state index is 11.6. The lowest BCUT2D eigenvalue weighted by molar-refractivity contribution is -0.384. The Labute approximate surface area is 140 Å². The molecule has 0 fully saturated rings. The SMILES string of the molecule is COc1cccc(-c2cccc([N+](=O)[O-])c2-c2cccc(C)c2)c1. The van der Waals surface area contributed by atoms with Crippen molar-refractivity contribution in [2.45, 2.75) is 6.92 Å². The Morgan fingerprint density at radius 3 is 2.33 bits per heavy atom. The molecule has 0 saturated carbocycles. The van der Waals surface area contributed by atoms with Crippen LogP contribution < -0.4 is 4.74 Å². The Morgan fingerprint density at radius 1 is 0.917 bits per heavy atom. The first kappa shape index (κ1) is 15.7. The van der Waals surface area contributed by atoms with E-state index in [1.165, 1.54) is 0 Å². The minimum absolute atomic E-state index is 0.0981. The maximum Gasteiger partial charge on any atom is 0.277 e. The summed E-state index contributed by atoms with van der Waals surface area (Å²) in [6.07, 6.45) is 0. The Bertz CT molecular complexity index is 903. The molecule has 24 heavy (non-hydrogen) atoms. The van der Waals surface area contributed by atoms with Crippen LogP contribution in [0.3, 0.4) is 0 Å².